The van der Waals surface area contributed by atoms with Crippen LogP contribution >= 0.6 is 35.0 Å². The molecule has 18 heavy (non-hydrogen) atoms. The number of nitrogens with zero attached hydrogens (tertiary/aromatic N) is 1. The number of hydrogen-bond donors (Lipinski definition) is 1. The van der Waals surface area contributed by atoms with Crippen molar-refractivity contribution in [2.24, 2.45) is 5.73 Å². The number of rotatable bonds is 5. The SMILES string of the molecule is NCCC(Sc1cc(Cl)ccc1Cl)c1ncco1. The summed E-state index contributed by atoms with van der Waals surface area (Å²) in [5, 5.41) is 1.36. The number of halogens is 2. The van der Waals surface area contributed by atoms with Crippen LogP contribution in [-0.4, -0.2) is 11.5 Å². The van der Waals surface area contributed by atoms with Crippen molar-refractivity contribution in [1.82, 2.24) is 4.98 Å². The van der Waals surface area contributed by atoms with Crippen LogP contribution in [0.25, 0.3) is 0 Å². The highest BCUT2D eigenvalue weighted by Crippen LogP contribution is 2.40. The van der Waals surface area contributed by atoms with E-state index in [1.54, 1.807) is 36.4 Å². The van der Waals surface area contributed by atoms with Crippen molar-refractivity contribution in [2.45, 2.75) is 16.6 Å². The first-order chi connectivity index (χ1) is 8.70. The minimum Gasteiger partial charge on any atom is -0.448 e. The molecule has 3 nitrogen and oxygen atoms in total. The smallest absolute Gasteiger partial charge is 0.207 e. The Bertz CT molecular complexity index is 505. The minimum atomic E-state index is 0.0426. The van der Waals surface area contributed by atoms with Crippen LogP contribution in [0.4, 0.5) is 0 Å². The molecule has 0 amide bonds. The third-order valence-electron chi connectivity index (χ3n) is 2.32. The largest absolute Gasteiger partial charge is 0.448 e. The number of thioether (sulfide) groups is 1. The number of hydrogen-bond acceptors (Lipinski definition) is 4. The van der Waals surface area contributed by atoms with Gasteiger partial charge in [0.15, 0.2) is 0 Å². The first-order valence-corrected chi connectivity index (χ1v) is 7.05. The van der Waals surface area contributed by atoms with Crippen molar-refractivity contribution < 1.29 is 4.42 Å². The summed E-state index contributed by atoms with van der Waals surface area (Å²) in [5.41, 5.74) is 5.62. The summed E-state index contributed by atoms with van der Waals surface area (Å²) in [6, 6.07) is 5.37. The molecule has 0 aliphatic rings. The predicted octanol–water partition coefficient (Wildman–Crippen LogP) is 4.16. The van der Waals surface area contributed by atoms with Gasteiger partial charge in [-0.2, -0.15) is 0 Å². The van der Waals surface area contributed by atoms with Crippen molar-refractivity contribution in [2.75, 3.05) is 6.54 Å². The molecule has 0 bridgehead atoms. The maximum Gasteiger partial charge on any atom is 0.207 e. The molecule has 1 aromatic carbocycles. The predicted molar refractivity (Wildman–Crippen MR) is 75.2 cm³/mol. The van der Waals surface area contributed by atoms with Gasteiger partial charge in [0.25, 0.3) is 0 Å². The lowest BCUT2D eigenvalue weighted by Gasteiger charge is -2.13. The van der Waals surface area contributed by atoms with Gasteiger partial charge < -0.3 is 10.2 Å². The third kappa shape index (κ3) is 3.42. The normalized spacial score (nSPS) is 12.6. The highest BCUT2D eigenvalue weighted by atomic mass is 35.5. The van der Waals surface area contributed by atoms with Gasteiger partial charge >= 0.3 is 0 Å². The fourth-order valence-corrected chi connectivity index (χ4v) is 3.14. The van der Waals surface area contributed by atoms with Crippen LogP contribution in [-0.2, 0) is 0 Å². The van der Waals surface area contributed by atoms with E-state index < -0.39 is 0 Å². The molecule has 0 spiro atoms. The average Bonchev–Trinajstić information content (AvgIpc) is 2.87. The Labute approximate surface area is 120 Å². The lowest BCUT2D eigenvalue weighted by atomic mass is 10.3. The van der Waals surface area contributed by atoms with Gasteiger partial charge in [-0.25, -0.2) is 4.98 Å². The standard InChI is InChI=1S/C12H12Cl2N2OS/c13-8-1-2-9(14)11(7-8)18-10(3-4-15)12-16-5-6-17-12/h1-2,5-7,10H,3-4,15H2. The van der Waals surface area contributed by atoms with E-state index in [-0.39, 0.29) is 5.25 Å². The number of nitrogens with two attached hydrogens (primary N) is 1. The maximum atomic E-state index is 6.14. The zero-order valence-corrected chi connectivity index (χ0v) is 11.8. The van der Waals surface area contributed by atoms with Gasteiger partial charge in [-0.3, -0.25) is 0 Å². The summed E-state index contributed by atoms with van der Waals surface area (Å²) in [6.45, 7) is 0.554. The van der Waals surface area contributed by atoms with Crippen molar-refractivity contribution in [3.8, 4) is 0 Å². The second-order valence-corrected chi connectivity index (χ2v) is 5.72. The summed E-state index contributed by atoms with van der Waals surface area (Å²) in [4.78, 5) is 5.07. The number of aromatic nitrogens is 1. The van der Waals surface area contributed by atoms with Gasteiger partial charge in [-0.05, 0) is 31.2 Å². The van der Waals surface area contributed by atoms with Crippen LogP contribution in [0.1, 0.15) is 17.6 Å². The molecular formula is C12H12Cl2N2OS. The van der Waals surface area contributed by atoms with Gasteiger partial charge in [0.05, 0.1) is 16.5 Å². The van der Waals surface area contributed by atoms with Crippen molar-refractivity contribution >= 4 is 35.0 Å². The van der Waals surface area contributed by atoms with E-state index in [9.17, 15) is 0 Å². The van der Waals surface area contributed by atoms with Gasteiger partial charge in [-0.15, -0.1) is 11.8 Å². The maximum absolute atomic E-state index is 6.14. The first kappa shape index (κ1) is 13.7. The van der Waals surface area contributed by atoms with Gasteiger partial charge in [0, 0.05) is 9.92 Å². The summed E-state index contributed by atoms with van der Waals surface area (Å²) in [5.74, 6) is 0.654. The average molecular weight is 303 g/mol. The number of benzene rings is 1. The molecule has 1 heterocycles. The minimum absolute atomic E-state index is 0.0426. The molecule has 0 fully saturated rings. The second-order valence-electron chi connectivity index (χ2n) is 3.63. The van der Waals surface area contributed by atoms with Gasteiger partial charge in [-0.1, -0.05) is 23.2 Å². The molecule has 1 atom stereocenters. The summed E-state index contributed by atoms with van der Waals surface area (Å²) in [6.07, 6.45) is 3.94. The van der Waals surface area contributed by atoms with E-state index in [2.05, 4.69) is 4.98 Å². The lowest BCUT2D eigenvalue weighted by molar-refractivity contribution is 0.484. The summed E-state index contributed by atoms with van der Waals surface area (Å²) in [7, 11) is 0. The zero-order valence-electron chi connectivity index (χ0n) is 9.48. The van der Waals surface area contributed by atoms with Gasteiger partial charge in [0.2, 0.25) is 5.89 Å². The summed E-state index contributed by atoms with van der Waals surface area (Å²) >= 11 is 13.7. The van der Waals surface area contributed by atoms with Crippen LogP contribution < -0.4 is 5.73 Å². The fourth-order valence-electron chi connectivity index (χ4n) is 1.50. The van der Waals surface area contributed by atoms with Crippen LogP contribution in [0.5, 0.6) is 0 Å². The summed E-state index contributed by atoms with van der Waals surface area (Å²) < 4.78 is 5.33. The molecule has 0 saturated carbocycles. The van der Waals surface area contributed by atoms with Crippen LogP contribution in [0, 0.1) is 0 Å². The van der Waals surface area contributed by atoms with Crippen LogP contribution in [0.2, 0.25) is 10.0 Å². The Kier molecular flexibility index (Phi) is 4.95. The van der Waals surface area contributed by atoms with Crippen LogP contribution in [0.3, 0.4) is 0 Å². The fraction of sp³-hybridized carbons (Fsp3) is 0.250. The lowest BCUT2D eigenvalue weighted by Crippen LogP contribution is -2.05. The molecule has 0 radical (unpaired) electrons. The molecule has 96 valence electrons. The Morgan fingerprint density at radius 1 is 1.39 bits per heavy atom. The third-order valence-corrected chi connectivity index (χ3v) is 4.31. The van der Waals surface area contributed by atoms with E-state index in [0.29, 0.717) is 22.5 Å². The van der Waals surface area contributed by atoms with Gasteiger partial charge in [0.1, 0.15) is 6.26 Å². The zero-order chi connectivity index (χ0) is 13.0. The van der Waals surface area contributed by atoms with E-state index in [0.717, 1.165) is 11.3 Å². The molecule has 0 saturated heterocycles. The molecule has 0 aliphatic carbocycles. The Balaban J connectivity index is 2.21. The first-order valence-electron chi connectivity index (χ1n) is 5.42. The molecule has 1 unspecified atom stereocenters. The Hall–Kier alpha value is -0.680. The Morgan fingerprint density at radius 3 is 2.89 bits per heavy atom. The monoisotopic (exact) mass is 302 g/mol. The molecule has 2 rings (SSSR count). The highest BCUT2D eigenvalue weighted by Gasteiger charge is 2.18. The highest BCUT2D eigenvalue weighted by molar-refractivity contribution is 7.99. The molecule has 0 aliphatic heterocycles. The second kappa shape index (κ2) is 6.48. The number of oxazole rings is 1. The van der Waals surface area contributed by atoms with Crippen molar-refractivity contribution in [1.29, 1.82) is 0 Å². The van der Waals surface area contributed by atoms with Crippen molar-refractivity contribution in [3.63, 3.8) is 0 Å². The van der Waals surface area contributed by atoms with E-state index in [1.807, 2.05) is 6.07 Å². The van der Waals surface area contributed by atoms with Crippen LogP contribution in [0.15, 0.2) is 40.0 Å². The van der Waals surface area contributed by atoms with E-state index >= 15 is 0 Å². The molecule has 2 N–H and O–H groups in total. The van der Waals surface area contributed by atoms with E-state index in [4.69, 9.17) is 33.4 Å². The topological polar surface area (TPSA) is 52.0 Å². The van der Waals surface area contributed by atoms with E-state index in [1.165, 1.54) is 0 Å². The molecule has 6 heteroatoms. The molecular weight excluding hydrogens is 291 g/mol. The quantitative estimate of drug-likeness (QED) is 0.843. The molecule has 1 aromatic heterocycles. The van der Waals surface area contributed by atoms with Crippen molar-refractivity contribution in [3.05, 3.63) is 46.6 Å². The Morgan fingerprint density at radius 2 is 2.22 bits per heavy atom. The molecule has 2 aromatic rings.